The highest BCUT2D eigenvalue weighted by Gasteiger charge is 2.61. The van der Waals surface area contributed by atoms with Gasteiger partial charge >= 0.3 is 0 Å². The third-order valence-corrected chi connectivity index (χ3v) is 9.07. The summed E-state index contributed by atoms with van der Waals surface area (Å²) in [6.07, 6.45) is 9.25. The van der Waals surface area contributed by atoms with Crippen molar-refractivity contribution in [1.29, 1.82) is 0 Å². The number of nitrogens with zero attached hydrogens (tertiary/aromatic N) is 1. The van der Waals surface area contributed by atoms with Gasteiger partial charge in [-0.3, -0.25) is 9.59 Å². The predicted octanol–water partition coefficient (Wildman–Crippen LogP) is 3.21. The van der Waals surface area contributed by atoms with Crippen molar-refractivity contribution in [3.8, 4) is 0 Å². The summed E-state index contributed by atoms with van der Waals surface area (Å²) < 4.78 is 0. The third-order valence-electron chi connectivity index (χ3n) is 9.07. The first-order valence-corrected chi connectivity index (χ1v) is 10.3. The molecule has 4 heteroatoms. The molecule has 0 radical (unpaired) electrons. The van der Waals surface area contributed by atoms with Crippen molar-refractivity contribution in [2.75, 3.05) is 7.05 Å². The molecule has 25 heavy (non-hydrogen) atoms. The summed E-state index contributed by atoms with van der Waals surface area (Å²) in [5.74, 6) is 2.74. The molecule has 2 amide bonds. The molecule has 8 atom stereocenters. The van der Waals surface area contributed by atoms with Gasteiger partial charge in [0, 0.05) is 25.0 Å². The summed E-state index contributed by atoms with van der Waals surface area (Å²) in [6.45, 7) is 7.03. The zero-order valence-corrected chi connectivity index (χ0v) is 16.3. The molecule has 4 nitrogen and oxygen atoms in total. The Kier molecular flexibility index (Phi) is 3.97. The standard InChI is InChI=1S/C21H34N2O2/c1-13-11-21(3)16-9-10-20(2)15(6-7-17(20)22-12-24)14(16)5-8-18(21)23(4)19(13)25/h12-18H,5-11H2,1-4H3,(H,22,24)/t13?,14-,15-,16-,17-,18+,20-,21+/m0/s1. The van der Waals surface area contributed by atoms with Crippen molar-refractivity contribution in [1.82, 2.24) is 10.2 Å². The average molecular weight is 347 g/mol. The summed E-state index contributed by atoms with van der Waals surface area (Å²) in [5.41, 5.74) is 0.537. The number of hydrogen-bond donors (Lipinski definition) is 1. The minimum Gasteiger partial charge on any atom is -0.355 e. The summed E-state index contributed by atoms with van der Waals surface area (Å²) in [7, 11) is 2.04. The molecular weight excluding hydrogens is 312 g/mol. The van der Waals surface area contributed by atoms with Crippen LogP contribution in [0.1, 0.15) is 65.7 Å². The number of amides is 2. The van der Waals surface area contributed by atoms with Gasteiger partial charge in [-0.1, -0.05) is 20.8 Å². The average Bonchev–Trinajstić information content (AvgIpc) is 2.90. The lowest BCUT2D eigenvalue weighted by Crippen LogP contribution is -2.63. The minimum atomic E-state index is 0.159. The van der Waals surface area contributed by atoms with Gasteiger partial charge in [-0.05, 0) is 73.5 Å². The molecule has 1 unspecified atom stereocenters. The number of carbonyl (C=O) groups is 2. The van der Waals surface area contributed by atoms with Gasteiger partial charge < -0.3 is 10.2 Å². The largest absolute Gasteiger partial charge is 0.355 e. The van der Waals surface area contributed by atoms with Crippen molar-refractivity contribution >= 4 is 12.3 Å². The molecule has 1 saturated heterocycles. The second kappa shape index (κ2) is 5.72. The molecule has 140 valence electrons. The van der Waals surface area contributed by atoms with Gasteiger partial charge in [0.1, 0.15) is 0 Å². The number of fused-ring (bicyclic) bond motifs is 5. The molecule has 1 N–H and O–H groups in total. The molecule has 0 aromatic carbocycles. The Labute approximate surface area is 152 Å². The normalized spacial score (nSPS) is 52.2. The maximum Gasteiger partial charge on any atom is 0.225 e. The molecule has 0 spiro atoms. The lowest BCUT2D eigenvalue weighted by molar-refractivity contribution is -0.165. The monoisotopic (exact) mass is 346 g/mol. The summed E-state index contributed by atoms with van der Waals surface area (Å²) >= 11 is 0. The van der Waals surface area contributed by atoms with E-state index >= 15 is 0 Å². The van der Waals surface area contributed by atoms with Crippen LogP contribution in [-0.2, 0) is 9.59 Å². The number of hydrogen-bond acceptors (Lipinski definition) is 2. The van der Waals surface area contributed by atoms with Crippen LogP contribution in [-0.4, -0.2) is 36.3 Å². The number of likely N-dealkylation sites (tertiary alicyclic amines) is 1. The van der Waals surface area contributed by atoms with E-state index in [1.807, 2.05) is 7.05 Å². The van der Waals surface area contributed by atoms with Crippen LogP contribution in [0.3, 0.4) is 0 Å². The van der Waals surface area contributed by atoms with Gasteiger partial charge in [0.15, 0.2) is 0 Å². The van der Waals surface area contributed by atoms with Crippen molar-refractivity contribution in [3.05, 3.63) is 0 Å². The first-order valence-electron chi connectivity index (χ1n) is 10.3. The van der Waals surface area contributed by atoms with E-state index in [1.54, 1.807) is 0 Å². The van der Waals surface area contributed by atoms with Gasteiger partial charge in [0.05, 0.1) is 0 Å². The van der Waals surface area contributed by atoms with Gasteiger partial charge in [-0.25, -0.2) is 0 Å². The van der Waals surface area contributed by atoms with Crippen LogP contribution in [0.5, 0.6) is 0 Å². The third kappa shape index (κ3) is 2.24. The van der Waals surface area contributed by atoms with E-state index in [1.165, 1.54) is 25.7 Å². The van der Waals surface area contributed by atoms with E-state index in [2.05, 4.69) is 31.0 Å². The van der Waals surface area contributed by atoms with Gasteiger partial charge in [-0.2, -0.15) is 0 Å². The van der Waals surface area contributed by atoms with E-state index in [4.69, 9.17) is 0 Å². The second-order valence-electron chi connectivity index (χ2n) is 9.99. The minimum absolute atomic E-state index is 0.159. The first kappa shape index (κ1) is 17.4. The van der Waals surface area contributed by atoms with Crippen molar-refractivity contribution < 1.29 is 9.59 Å². The summed E-state index contributed by atoms with van der Waals surface area (Å²) in [4.78, 5) is 25.7. The molecule has 1 heterocycles. The fraction of sp³-hybridized carbons (Fsp3) is 0.905. The Balaban J connectivity index is 1.63. The van der Waals surface area contributed by atoms with E-state index in [9.17, 15) is 9.59 Å². The second-order valence-corrected chi connectivity index (χ2v) is 9.99. The Morgan fingerprint density at radius 3 is 2.52 bits per heavy atom. The molecule has 4 rings (SSSR count). The maximum absolute atomic E-state index is 12.5. The molecule has 3 saturated carbocycles. The molecule has 3 aliphatic carbocycles. The van der Waals surface area contributed by atoms with Crippen LogP contribution in [0, 0.1) is 34.5 Å². The Morgan fingerprint density at radius 2 is 1.80 bits per heavy atom. The highest BCUT2D eigenvalue weighted by molar-refractivity contribution is 5.79. The predicted molar refractivity (Wildman–Crippen MR) is 97.7 cm³/mol. The van der Waals surface area contributed by atoms with Crippen LogP contribution in [0.2, 0.25) is 0 Å². The maximum atomic E-state index is 12.5. The Morgan fingerprint density at radius 1 is 1.08 bits per heavy atom. The zero-order chi connectivity index (χ0) is 18.0. The Bertz CT molecular complexity index is 578. The number of rotatable bonds is 2. The molecule has 4 aliphatic rings. The number of nitrogens with one attached hydrogen (secondary N) is 1. The molecule has 0 aromatic heterocycles. The van der Waals surface area contributed by atoms with Crippen LogP contribution >= 0.6 is 0 Å². The van der Waals surface area contributed by atoms with Crippen molar-refractivity contribution in [2.45, 2.75) is 77.8 Å². The van der Waals surface area contributed by atoms with Gasteiger partial charge in [0.25, 0.3) is 0 Å². The topological polar surface area (TPSA) is 49.4 Å². The molecule has 4 fully saturated rings. The van der Waals surface area contributed by atoms with E-state index in [0.29, 0.717) is 18.0 Å². The smallest absolute Gasteiger partial charge is 0.225 e. The lowest BCUT2D eigenvalue weighted by Gasteiger charge is -2.62. The summed E-state index contributed by atoms with van der Waals surface area (Å²) in [6, 6.07) is 0.781. The highest BCUT2D eigenvalue weighted by Crippen LogP contribution is 2.64. The first-order chi connectivity index (χ1) is 11.8. The fourth-order valence-corrected chi connectivity index (χ4v) is 7.96. The number of carbonyl (C=O) groups excluding carboxylic acids is 2. The van der Waals surface area contributed by atoms with E-state index in [0.717, 1.165) is 43.4 Å². The van der Waals surface area contributed by atoms with Crippen LogP contribution in [0.25, 0.3) is 0 Å². The molecule has 1 aliphatic heterocycles. The van der Waals surface area contributed by atoms with Crippen molar-refractivity contribution in [2.24, 2.45) is 34.5 Å². The zero-order valence-electron chi connectivity index (χ0n) is 16.3. The highest BCUT2D eigenvalue weighted by atomic mass is 16.2. The van der Waals surface area contributed by atoms with Gasteiger partial charge in [0.2, 0.25) is 12.3 Å². The van der Waals surface area contributed by atoms with Crippen molar-refractivity contribution in [3.63, 3.8) is 0 Å². The van der Waals surface area contributed by atoms with Crippen LogP contribution < -0.4 is 5.32 Å². The number of piperidine rings is 1. The SMILES string of the molecule is CC1C[C@]2(C)[C@H]3CC[C@]4(C)[C@@H](NC=O)CC[C@H]4[C@@H]3CC[C@H]2N(C)C1=O. The quantitative estimate of drug-likeness (QED) is 0.781. The van der Waals surface area contributed by atoms with E-state index in [-0.39, 0.29) is 16.7 Å². The fourth-order valence-electron chi connectivity index (χ4n) is 7.96. The van der Waals surface area contributed by atoms with Crippen LogP contribution in [0.15, 0.2) is 0 Å². The molecule has 0 bridgehead atoms. The molecule has 0 aromatic rings. The summed E-state index contributed by atoms with van der Waals surface area (Å²) in [5, 5.41) is 3.13. The Hall–Kier alpha value is -1.06. The van der Waals surface area contributed by atoms with Crippen LogP contribution in [0.4, 0.5) is 0 Å². The molecular formula is C21H34N2O2. The van der Waals surface area contributed by atoms with E-state index < -0.39 is 0 Å². The van der Waals surface area contributed by atoms with Gasteiger partial charge in [-0.15, -0.1) is 0 Å². The lowest BCUT2D eigenvalue weighted by atomic mass is 9.46.